The Bertz CT molecular complexity index is 1870. The number of carbonyl (C=O) groups is 3. The van der Waals surface area contributed by atoms with E-state index < -0.39 is 30.1 Å². The van der Waals surface area contributed by atoms with Gasteiger partial charge in [-0.3, -0.25) is 10.1 Å². The van der Waals surface area contributed by atoms with E-state index in [0.29, 0.717) is 70.4 Å². The van der Waals surface area contributed by atoms with Crippen LogP contribution in [0.2, 0.25) is 5.02 Å². The van der Waals surface area contributed by atoms with Crippen LogP contribution in [0.15, 0.2) is 48.8 Å². The van der Waals surface area contributed by atoms with Crippen molar-refractivity contribution in [2.75, 3.05) is 38.1 Å². The van der Waals surface area contributed by atoms with Crippen molar-refractivity contribution in [1.82, 2.24) is 35.5 Å². The molecule has 4 aromatic rings. The van der Waals surface area contributed by atoms with Gasteiger partial charge >= 0.3 is 12.1 Å². The van der Waals surface area contributed by atoms with E-state index in [0.717, 1.165) is 0 Å². The number of halogens is 1. The van der Waals surface area contributed by atoms with Gasteiger partial charge in [0.25, 0.3) is 0 Å². The minimum absolute atomic E-state index is 0.0637. The average Bonchev–Trinajstić information content (AvgIpc) is 3.78. The maximum Gasteiger partial charge on any atom is 0.411 e. The highest BCUT2D eigenvalue weighted by Gasteiger charge is 2.26. The Labute approximate surface area is 285 Å². The number of amides is 2. The number of esters is 1. The number of ether oxygens (including phenoxy) is 3. The van der Waals surface area contributed by atoms with Crippen molar-refractivity contribution >= 4 is 47.0 Å². The quantitative estimate of drug-likeness (QED) is 0.111. The van der Waals surface area contributed by atoms with E-state index in [1.54, 1.807) is 42.5 Å². The number of rotatable bonds is 9. The van der Waals surface area contributed by atoms with E-state index in [4.69, 9.17) is 25.8 Å². The topological polar surface area (TPSA) is 211 Å². The van der Waals surface area contributed by atoms with Crippen molar-refractivity contribution in [2.24, 2.45) is 0 Å². The fourth-order valence-corrected chi connectivity index (χ4v) is 5.42. The molecule has 17 heteroatoms. The fraction of sp³-hybridized carbons (Fsp3) is 0.312. The second-order valence-electron chi connectivity index (χ2n) is 10.8. The second kappa shape index (κ2) is 16.4. The highest BCUT2D eigenvalue weighted by atomic mass is 35.5. The van der Waals surface area contributed by atoms with E-state index >= 15 is 0 Å². The number of hydrogen-bond acceptors (Lipinski definition) is 12. The molecule has 49 heavy (non-hydrogen) atoms. The van der Waals surface area contributed by atoms with Crippen molar-refractivity contribution < 1.29 is 28.6 Å². The van der Waals surface area contributed by atoms with Crippen molar-refractivity contribution in [1.29, 1.82) is 5.26 Å². The van der Waals surface area contributed by atoms with Crippen molar-refractivity contribution in [3.63, 3.8) is 0 Å². The number of nitrogens with one attached hydrogen (secondary N) is 4. The van der Waals surface area contributed by atoms with E-state index in [2.05, 4.69) is 47.5 Å². The van der Waals surface area contributed by atoms with Gasteiger partial charge in [-0.2, -0.15) is 9.94 Å². The van der Waals surface area contributed by atoms with E-state index in [1.807, 2.05) is 0 Å². The number of anilines is 2. The Kier molecular flexibility index (Phi) is 11.5. The predicted octanol–water partition coefficient (Wildman–Crippen LogP) is 4.17. The molecule has 0 saturated carbocycles. The van der Waals surface area contributed by atoms with E-state index in [-0.39, 0.29) is 18.9 Å². The lowest BCUT2D eigenvalue weighted by atomic mass is 10.0. The maximum atomic E-state index is 13.3. The first-order valence-corrected chi connectivity index (χ1v) is 15.6. The number of tetrazole rings is 1. The van der Waals surface area contributed by atoms with Gasteiger partial charge in [-0.25, -0.2) is 14.6 Å². The van der Waals surface area contributed by atoms with Crippen LogP contribution in [0.4, 0.5) is 16.2 Å². The number of aromatic amines is 1. The molecule has 1 aliphatic rings. The first-order valence-electron chi connectivity index (χ1n) is 15.2. The number of fused-ring (bicyclic) bond motifs is 4. The molecule has 4 N–H and O–H groups in total. The van der Waals surface area contributed by atoms with Gasteiger partial charge in [0.05, 0.1) is 31.1 Å². The average molecular weight is 689 g/mol. The lowest BCUT2D eigenvalue weighted by Crippen LogP contribution is -2.31. The summed E-state index contributed by atoms with van der Waals surface area (Å²) in [6.45, 7) is 0.301. The van der Waals surface area contributed by atoms with Crippen LogP contribution in [-0.2, 0) is 23.8 Å². The number of imidazole rings is 1. The lowest BCUT2D eigenvalue weighted by molar-refractivity contribution is -0.141. The molecule has 16 nitrogen and oxygen atoms in total. The Morgan fingerprint density at radius 2 is 1.98 bits per heavy atom. The van der Waals surface area contributed by atoms with Crippen LogP contribution < -0.4 is 16.0 Å². The normalized spacial score (nSPS) is 15.9. The molecule has 2 amide bonds. The van der Waals surface area contributed by atoms with Gasteiger partial charge in [-0.15, -0.1) is 5.10 Å². The SMILES string of the molecule is COCCOC(=O)Nc1ccc2c(c1)N[C@@H](C(=O)OC)CCCC[C@H](NC(=O)/C=C/c1cc(Cl)ccc1-n1cnnn1)c1nc(C#N)c-2[nH]1. The maximum absolute atomic E-state index is 13.3. The molecule has 2 aromatic heterocycles. The summed E-state index contributed by atoms with van der Waals surface area (Å²) < 4.78 is 16.5. The summed E-state index contributed by atoms with van der Waals surface area (Å²) in [5, 5.41) is 30.7. The second-order valence-corrected chi connectivity index (χ2v) is 11.3. The third kappa shape index (κ3) is 8.77. The summed E-state index contributed by atoms with van der Waals surface area (Å²) in [4.78, 5) is 46.2. The molecule has 2 bridgehead atoms. The van der Waals surface area contributed by atoms with Crippen LogP contribution in [0, 0.1) is 11.3 Å². The minimum Gasteiger partial charge on any atom is -0.467 e. The minimum atomic E-state index is -0.747. The summed E-state index contributed by atoms with van der Waals surface area (Å²) in [5.74, 6) is -0.521. The number of benzene rings is 2. The molecular weight excluding hydrogens is 656 g/mol. The predicted molar refractivity (Wildman–Crippen MR) is 178 cm³/mol. The molecular formula is C32H33ClN10O6. The van der Waals surface area contributed by atoms with Crippen molar-refractivity contribution in [2.45, 2.75) is 37.8 Å². The number of nitriles is 1. The number of methoxy groups -OCH3 is 2. The van der Waals surface area contributed by atoms with Crippen LogP contribution in [0.25, 0.3) is 23.0 Å². The van der Waals surface area contributed by atoms with Gasteiger partial charge in [0.15, 0.2) is 5.69 Å². The van der Waals surface area contributed by atoms with Gasteiger partial charge < -0.3 is 29.8 Å². The molecule has 2 aromatic carbocycles. The summed E-state index contributed by atoms with van der Waals surface area (Å²) >= 11 is 6.22. The monoisotopic (exact) mass is 688 g/mol. The summed E-state index contributed by atoms with van der Waals surface area (Å²) in [6.07, 6.45) is 5.76. The molecule has 0 radical (unpaired) electrons. The fourth-order valence-electron chi connectivity index (χ4n) is 5.24. The molecule has 0 fully saturated rings. The van der Waals surface area contributed by atoms with Crippen LogP contribution in [0.5, 0.6) is 0 Å². The highest BCUT2D eigenvalue weighted by Crippen LogP contribution is 2.35. The number of H-pyrrole nitrogens is 1. The number of hydrogen-bond donors (Lipinski definition) is 4. The molecule has 1 aliphatic heterocycles. The Morgan fingerprint density at radius 1 is 1.14 bits per heavy atom. The first-order chi connectivity index (χ1) is 23.8. The van der Waals surface area contributed by atoms with E-state index in [9.17, 15) is 19.6 Å². The lowest BCUT2D eigenvalue weighted by Gasteiger charge is -2.22. The Balaban J connectivity index is 1.45. The largest absolute Gasteiger partial charge is 0.467 e. The molecule has 3 heterocycles. The zero-order chi connectivity index (χ0) is 34.8. The van der Waals surface area contributed by atoms with Crippen LogP contribution in [0.1, 0.15) is 48.8 Å². The first kappa shape index (κ1) is 34.5. The molecule has 5 rings (SSSR count). The molecule has 0 aliphatic carbocycles. The molecule has 0 spiro atoms. The summed E-state index contributed by atoms with van der Waals surface area (Å²) in [6, 6.07) is 10.8. The van der Waals surface area contributed by atoms with Crippen LogP contribution in [0.3, 0.4) is 0 Å². The number of nitrogens with zero attached hydrogens (tertiary/aromatic N) is 6. The third-order valence-electron chi connectivity index (χ3n) is 7.58. The van der Waals surface area contributed by atoms with Crippen molar-refractivity contribution in [3.05, 3.63) is 70.9 Å². The van der Waals surface area contributed by atoms with Crippen molar-refractivity contribution in [3.8, 4) is 23.0 Å². The standard InChI is InChI=1S/C32H33ClN10O6/c1-47-13-14-49-32(46)36-21-9-10-22-25(16-21)37-24(31(45)48-2)6-4-3-5-23(30-39-26(17-34)29(22)40-30)38-28(44)12-7-19-15-20(33)8-11-27(19)43-18-35-41-42-43/h7-12,15-16,18,23-24,37H,3-6,13-14H2,1-2H3,(H,36,46)(H,38,44)(H,39,40)/b12-7+/t23-,24+/m0/s1. The van der Waals surface area contributed by atoms with Gasteiger partial charge in [0, 0.05) is 40.7 Å². The number of aromatic nitrogens is 6. The summed E-state index contributed by atoms with van der Waals surface area (Å²) in [5.41, 5.74) is 2.97. The molecule has 2 atom stereocenters. The van der Waals surface area contributed by atoms with Crippen LogP contribution >= 0.6 is 11.6 Å². The molecule has 0 saturated heterocycles. The zero-order valence-corrected chi connectivity index (χ0v) is 27.4. The van der Waals surface area contributed by atoms with E-state index in [1.165, 1.54) is 31.3 Å². The highest BCUT2D eigenvalue weighted by molar-refractivity contribution is 6.30. The zero-order valence-electron chi connectivity index (χ0n) is 26.6. The van der Waals surface area contributed by atoms with Gasteiger partial charge in [-0.05, 0) is 65.7 Å². The number of carbonyl (C=O) groups excluding carboxylic acids is 3. The molecule has 0 unspecified atom stereocenters. The van der Waals surface area contributed by atoms with Crippen LogP contribution in [-0.4, -0.2) is 81.6 Å². The Morgan fingerprint density at radius 3 is 2.73 bits per heavy atom. The van der Waals surface area contributed by atoms with Gasteiger partial charge in [0.1, 0.15) is 30.9 Å². The summed E-state index contributed by atoms with van der Waals surface area (Å²) in [7, 11) is 2.80. The Hall–Kier alpha value is -5.79. The smallest absolute Gasteiger partial charge is 0.411 e. The third-order valence-corrected chi connectivity index (χ3v) is 7.82. The molecule has 254 valence electrons. The van der Waals surface area contributed by atoms with Gasteiger partial charge in [-0.1, -0.05) is 24.4 Å². The van der Waals surface area contributed by atoms with Gasteiger partial charge in [0.2, 0.25) is 5.91 Å².